The molecule has 41 heteroatoms. The summed E-state index contributed by atoms with van der Waals surface area (Å²) in [5.74, 6) is -13.0. The maximum atomic E-state index is 13.7. The van der Waals surface area contributed by atoms with Crippen LogP contribution >= 0.6 is 0 Å². The van der Waals surface area contributed by atoms with Crippen LogP contribution in [0.25, 0.3) is 10.9 Å². The van der Waals surface area contributed by atoms with Crippen LogP contribution in [0.2, 0.25) is 0 Å². The van der Waals surface area contributed by atoms with Gasteiger partial charge >= 0.3 is 23.9 Å². The normalized spacial score (nSPS) is 15.1. The van der Waals surface area contributed by atoms with Crippen LogP contribution in [0.3, 0.4) is 0 Å². The van der Waals surface area contributed by atoms with Gasteiger partial charge in [-0.25, -0.2) is 13.4 Å². The van der Waals surface area contributed by atoms with E-state index in [2.05, 4.69) is 41.3 Å². The van der Waals surface area contributed by atoms with Crippen LogP contribution in [0.5, 0.6) is 5.75 Å². The number of aromatic amines is 1. The van der Waals surface area contributed by atoms with Crippen molar-refractivity contribution in [2.24, 2.45) is 7.05 Å². The van der Waals surface area contributed by atoms with Gasteiger partial charge in [-0.15, -0.1) is 0 Å². The number of nitrogens with one attached hydrogen (secondary N) is 8. The molecule has 1 unspecified atom stereocenters. The van der Waals surface area contributed by atoms with Crippen molar-refractivity contribution in [2.75, 3.05) is 122 Å². The molecule has 5 rings (SSSR count). The molecule has 95 heavy (non-hydrogen) atoms. The number of carboxylic acid groups (broad SMARTS) is 4. The number of aryl methyl sites for hydroxylation is 3. The first-order valence-electron chi connectivity index (χ1n) is 28.8. The summed E-state index contributed by atoms with van der Waals surface area (Å²) in [7, 11) is -13.2. The van der Waals surface area contributed by atoms with E-state index in [9.17, 15) is 103 Å². The second-order valence-corrected chi connectivity index (χ2v) is 26.4. The third kappa shape index (κ3) is 27.4. The first-order valence-corrected chi connectivity index (χ1v) is 33.5. The average molecular weight is 1500 g/mol. The zero-order chi connectivity index (χ0) is 69.7. The Bertz CT molecular complexity index is 3770. The van der Waals surface area contributed by atoms with Gasteiger partial charge in [0, 0.05) is 142 Å². The molecule has 3 atom stereocenters. The fourth-order valence-electron chi connectivity index (χ4n) is 9.79. The minimum atomic E-state index is -5.12. The number of anilines is 1. The molecule has 0 bridgehead atoms. The summed E-state index contributed by atoms with van der Waals surface area (Å²) in [6.07, 6.45) is 4.42. The maximum Gasteiger partial charge on any atom is 0.323 e. The Hall–Kier alpha value is -7.87. The molecule has 4 aromatic rings. The number of H-pyrrole nitrogens is 1. The fraction of sp³-hybridized carbons (Fsp3) is 0.500. The quantitative estimate of drug-likeness (QED) is 0.0154. The molecule has 0 spiro atoms. The smallest absolute Gasteiger partial charge is 0.323 e. The number of carboxylic acids is 4. The maximum absolute atomic E-state index is 13.7. The van der Waals surface area contributed by atoms with Crippen LogP contribution in [0.15, 0.2) is 58.6 Å². The van der Waals surface area contributed by atoms with Gasteiger partial charge in [-0.3, -0.25) is 76.7 Å². The van der Waals surface area contributed by atoms with Crippen molar-refractivity contribution in [2.45, 2.75) is 56.3 Å². The molecular weight excluding hydrogens is 1420 g/mol. The third-order valence-corrected chi connectivity index (χ3v) is 17.5. The predicted molar refractivity (Wildman–Crippen MR) is 337 cm³/mol. The number of hydrogen-bond donors (Lipinski definition) is 14. The number of hydrogen-bond acceptors (Lipinski definition) is 23. The van der Waals surface area contributed by atoms with Crippen LogP contribution in [0.1, 0.15) is 39.9 Å². The Kier molecular flexibility index (Phi) is 30.9. The van der Waals surface area contributed by atoms with Crippen molar-refractivity contribution in [1.29, 1.82) is 0 Å². The van der Waals surface area contributed by atoms with E-state index in [1.165, 1.54) is 51.8 Å². The SMILES string of the molecule is Cc1cc(OCCCC(=O)NCCNC(=O)[C@H](CS(=O)(=O)O)NC(=O)[C@H](CS(=O)(=O)O)NC(=O)CN2CCN(CC(=O)O)CCN(CC(=O)O)CCN(CC(=O)O)CC2)cc(C)c1S(=O)(=O)NC(CNC(=O)c1cn(C)c2cc(CNc3ncc[nH]3)ccc2c1=O)C(=O)O.[111In]. The number of carbonyl (C=O) groups is 9. The number of sulfonamides is 1. The zero-order valence-corrected chi connectivity index (χ0v) is 57.6. The standard InChI is InChI=1S/C54H76N14O23S3.In/c1-33-21-36(22-34(2)49(33)94(89,90)63-39(53(81)82)25-59-50(78)38-26-64(3)42-23-35(6-7-37(42)48(38)77)24-60-54-57-10-11-58-54)91-20-4-5-43(69)55-8-9-56-51(79)40(31-92(83,84)85)62-52(80)41(32-93(86,87)88)61-44(70)27-65-12-14-66(28-45(71)72)16-18-68(30-47(75)76)19-17-67(15-13-65)29-46(73)74;/h6-7,10-11,21-23,26,39-41,63H,4-5,8-9,12-20,24-25,27-32H2,1-3H3,(H,55,69)(H,56,79)(H,59,78)(H,61,70)(H,62,80)(H,71,72)(H,73,74)(H,75,76)(H,81,82)(H2,57,58,60)(H,83,84,85)(H,86,87,88);/t39?,40-,41-;/m0./s1/i;1-4. The zero-order valence-electron chi connectivity index (χ0n) is 51.8. The monoisotopic (exact) mass is 1500 g/mol. The number of nitrogens with zero attached hydrogens (tertiary/aromatic N) is 6. The molecule has 3 heterocycles. The Morgan fingerprint density at radius 3 is 1.67 bits per heavy atom. The molecule has 1 saturated heterocycles. The number of aromatic nitrogens is 3. The predicted octanol–water partition coefficient (Wildman–Crippen LogP) is -5.12. The summed E-state index contributed by atoms with van der Waals surface area (Å²) in [5.41, 5.74) is 0.600. The Balaban J connectivity index is 0.0000192. The molecule has 521 valence electrons. The molecule has 1 fully saturated rings. The van der Waals surface area contributed by atoms with Crippen LogP contribution in [-0.2, 0) is 82.2 Å². The topological polar surface area (TPSA) is 535 Å². The van der Waals surface area contributed by atoms with Crippen LogP contribution in [0.4, 0.5) is 5.95 Å². The molecule has 1 aliphatic rings. The number of pyridine rings is 1. The van der Waals surface area contributed by atoms with E-state index in [0.717, 1.165) is 5.56 Å². The summed E-state index contributed by atoms with van der Waals surface area (Å²) >= 11 is 0. The number of aliphatic carboxylic acids is 4. The van der Waals surface area contributed by atoms with E-state index in [-0.39, 0.29) is 137 Å². The minimum absolute atomic E-state index is 0. The van der Waals surface area contributed by atoms with E-state index in [0.29, 0.717) is 18.0 Å². The summed E-state index contributed by atoms with van der Waals surface area (Å²) in [6, 6.07) is 1.41. The molecule has 2 aromatic carbocycles. The molecule has 0 aliphatic carbocycles. The molecular formula is C54H76InN14O23S3. The first kappa shape index (κ1) is 79.6. The number of carbonyl (C=O) groups excluding carboxylic acids is 5. The van der Waals surface area contributed by atoms with Crippen molar-refractivity contribution in [3.63, 3.8) is 0 Å². The number of rotatable bonds is 34. The van der Waals surface area contributed by atoms with Crippen molar-refractivity contribution in [1.82, 2.24) is 65.4 Å². The minimum Gasteiger partial charge on any atom is -0.494 e. The molecule has 0 saturated carbocycles. The summed E-state index contributed by atoms with van der Waals surface area (Å²) in [6.45, 7) is -0.464. The Morgan fingerprint density at radius 2 is 1.18 bits per heavy atom. The second-order valence-electron chi connectivity index (χ2n) is 21.8. The molecule has 14 N–H and O–H groups in total. The van der Waals surface area contributed by atoms with Crippen molar-refractivity contribution in [3.8, 4) is 5.75 Å². The van der Waals surface area contributed by atoms with E-state index < -0.39 is 158 Å². The first-order chi connectivity index (χ1) is 44.1. The van der Waals surface area contributed by atoms with Crippen LogP contribution in [-0.4, -0.2) is 303 Å². The van der Waals surface area contributed by atoms with E-state index in [4.69, 9.17) is 4.74 Å². The van der Waals surface area contributed by atoms with Crippen LogP contribution in [0, 0.1) is 13.8 Å². The summed E-state index contributed by atoms with van der Waals surface area (Å²) < 4.78 is 104. The number of amides is 5. The van der Waals surface area contributed by atoms with Gasteiger partial charge in [0.15, 0.2) is 5.95 Å². The van der Waals surface area contributed by atoms with E-state index in [1.807, 2.05) is 5.32 Å². The van der Waals surface area contributed by atoms with Gasteiger partial charge in [-0.1, -0.05) is 6.07 Å². The fourth-order valence-corrected chi connectivity index (χ4v) is 12.7. The summed E-state index contributed by atoms with van der Waals surface area (Å²) in [4.78, 5) is 140. The third-order valence-electron chi connectivity index (χ3n) is 14.2. The number of imidazole rings is 1. The largest absolute Gasteiger partial charge is 0.494 e. The van der Waals surface area contributed by atoms with Crippen molar-refractivity contribution in [3.05, 3.63) is 81.4 Å². The molecule has 37 nitrogen and oxygen atoms in total. The van der Waals surface area contributed by atoms with Gasteiger partial charge in [0.25, 0.3) is 26.1 Å². The molecule has 1 aliphatic heterocycles. The Labute approximate surface area is 563 Å². The summed E-state index contributed by atoms with van der Waals surface area (Å²) in [5, 5.41) is 52.8. The van der Waals surface area contributed by atoms with Gasteiger partial charge in [0.2, 0.25) is 39.1 Å². The number of ether oxygens (including phenoxy) is 1. The van der Waals surface area contributed by atoms with Gasteiger partial charge in [0.1, 0.15) is 40.9 Å². The molecule has 3 radical (unpaired) electrons. The number of benzene rings is 2. The second kappa shape index (κ2) is 36.9. The van der Waals surface area contributed by atoms with E-state index >= 15 is 0 Å². The van der Waals surface area contributed by atoms with Crippen LogP contribution < -0.4 is 46.8 Å². The van der Waals surface area contributed by atoms with Crippen molar-refractivity contribution < 1.29 is 103 Å². The number of fused-ring (bicyclic) bond motifs is 1. The van der Waals surface area contributed by atoms with Gasteiger partial charge in [-0.05, 0) is 61.2 Å². The molecule has 5 amide bonds. The van der Waals surface area contributed by atoms with E-state index in [1.54, 1.807) is 42.2 Å². The van der Waals surface area contributed by atoms with Crippen molar-refractivity contribution >= 4 is 126 Å². The van der Waals surface area contributed by atoms with Gasteiger partial charge in [-0.2, -0.15) is 21.6 Å². The molecule has 2 aromatic heterocycles. The Morgan fingerprint density at radius 1 is 0.663 bits per heavy atom. The average Bonchev–Trinajstić information content (AvgIpc) is 0.951. The van der Waals surface area contributed by atoms with Gasteiger partial charge < -0.3 is 66.6 Å². The van der Waals surface area contributed by atoms with Gasteiger partial charge in [0.05, 0.1) is 43.2 Å².